The number of hydrogen-bond acceptors (Lipinski definition) is 2. The Labute approximate surface area is 85.4 Å². The predicted molar refractivity (Wildman–Crippen MR) is 55.8 cm³/mol. The number of nitrogens with zero attached hydrogens (tertiary/aromatic N) is 1. The lowest BCUT2D eigenvalue weighted by molar-refractivity contribution is -0.125. The summed E-state index contributed by atoms with van der Waals surface area (Å²) in [5, 5.41) is 9.38. The molecule has 1 heterocycles. The van der Waals surface area contributed by atoms with Crippen molar-refractivity contribution in [1.82, 2.24) is 4.90 Å². The third kappa shape index (κ3) is 2.84. The van der Waals surface area contributed by atoms with Crippen LogP contribution in [0.25, 0.3) is 0 Å². The standard InChI is InChI=1S/C11H19NO2/c1-8(2)6-11(14)12-5-4-10(7-12)9(3)13/h6,9-10,13H,4-5,7H2,1-3H3. The Morgan fingerprint density at radius 1 is 1.57 bits per heavy atom. The topological polar surface area (TPSA) is 40.5 Å². The lowest BCUT2D eigenvalue weighted by atomic mass is 10.0. The second-order valence-electron chi connectivity index (χ2n) is 4.30. The first-order chi connectivity index (χ1) is 6.50. The van der Waals surface area contributed by atoms with Gasteiger partial charge in [0.2, 0.25) is 5.91 Å². The number of aliphatic hydroxyl groups excluding tert-OH is 1. The normalized spacial score (nSPS) is 23.4. The predicted octanol–water partition coefficient (Wildman–Crippen LogP) is 1.18. The van der Waals surface area contributed by atoms with Crippen LogP contribution in [0.4, 0.5) is 0 Å². The van der Waals surface area contributed by atoms with Gasteiger partial charge in [-0.1, -0.05) is 5.57 Å². The number of hydrogen-bond donors (Lipinski definition) is 1. The number of aliphatic hydroxyl groups is 1. The van der Waals surface area contributed by atoms with Gasteiger partial charge < -0.3 is 10.0 Å². The molecule has 2 atom stereocenters. The number of carbonyl (C=O) groups is 1. The van der Waals surface area contributed by atoms with Crippen molar-refractivity contribution in [1.29, 1.82) is 0 Å². The van der Waals surface area contributed by atoms with Gasteiger partial charge in [0.05, 0.1) is 6.10 Å². The maximum atomic E-state index is 11.6. The fraction of sp³-hybridized carbons (Fsp3) is 0.727. The van der Waals surface area contributed by atoms with E-state index in [0.29, 0.717) is 6.54 Å². The van der Waals surface area contributed by atoms with E-state index in [9.17, 15) is 9.90 Å². The molecule has 1 amide bonds. The SMILES string of the molecule is CC(C)=CC(=O)N1CCC(C(C)O)C1. The van der Waals surface area contributed by atoms with Gasteiger partial charge in [0.1, 0.15) is 0 Å². The highest BCUT2D eigenvalue weighted by molar-refractivity contribution is 5.88. The van der Waals surface area contributed by atoms with Crippen molar-refractivity contribution in [2.45, 2.75) is 33.3 Å². The summed E-state index contributed by atoms with van der Waals surface area (Å²) in [7, 11) is 0. The molecule has 0 spiro atoms. The Morgan fingerprint density at radius 3 is 2.64 bits per heavy atom. The minimum Gasteiger partial charge on any atom is -0.393 e. The summed E-state index contributed by atoms with van der Waals surface area (Å²) in [6.45, 7) is 7.10. The molecule has 1 fully saturated rings. The zero-order chi connectivity index (χ0) is 10.7. The highest BCUT2D eigenvalue weighted by atomic mass is 16.3. The van der Waals surface area contributed by atoms with Crippen molar-refractivity contribution >= 4 is 5.91 Å². The molecule has 0 aromatic carbocycles. The lowest BCUT2D eigenvalue weighted by Gasteiger charge is -2.16. The van der Waals surface area contributed by atoms with Crippen LogP contribution in [-0.2, 0) is 4.79 Å². The molecule has 1 N–H and O–H groups in total. The highest BCUT2D eigenvalue weighted by Gasteiger charge is 2.27. The number of carbonyl (C=O) groups excluding carboxylic acids is 1. The van der Waals surface area contributed by atoms with Gasteiger partial charge in [-0.3, -0.25) is 4.79 Å². The summed E-state index contributed by atoms with van der Waals surface area (Å²) >= 11 is 0. The average Bonchev–Trinajstić information content (AvgIpc) is 2.50. The molecule has 0 bridgehead atoms. The average molecular weight is 197 g/mol. The van der Waals surface area contributed by atoms with Crippen LogP contribution in [0, 0.1) is 5.92 Å². The summed E-state index contributed by atoms with van der Waals surface area (Å²) < 4.78 is 0. The van der Waals surface area contributed by atoms with Crippen LogP contribution in [0.1, 0.15) is 27.2 Å². The number of likely N-dealkylation sites (tertiary alicyclic amines) is 1. The zero-order valence-corrected chi connectivity index (χ0v) is 9.16. The number of rotatable bonds is 2. The van der Waals surface area contributed by atoms with Crippen LogP contribution in [0.15, 0.2) is 11.6 Å². The van der Waals surface area contributed by atoms with Gasteiger partial charge >= 0.3 is 0 Å². The Morgan fingerprint density at radius 2 is 2.21 bits per heavy atom. The highest BCUT2D eigenvalue weighted by Crippen LogP contribution is 2.19. The minimum atomic E-state index is -0.306. The second-order valence-corrected chi connectivity index (χ2v) is 4.30. The van der Waals surface area contributed by atoms with Gasteiger partial charge in [-0.05, 0) is 27.2 Å². The molecule has 1 rings (SSSR count). The molecule has 3 heteroatoms. The molecule has 3 nitrogen and oxygen atoms in total. The molecule has 0 radical (unpaired) electrons. The summed E-state index contributed by atoms with van der Waals surface area (Å²) in [4.78, 5) is 13.4. The third-order valence-corrected chi connectivity index (χ3v) is 2.63. The van der Waals surface area contributed by atoms with Crippen LogP contribution in [0.5, 0.6) is 0 Å². The first-order valence-corrected chi connectivity index (χ1v) is 5.12. The maximum absolute atomic E-state index is 11.6. The van der Waals surface area contributed by atoms with E-state index in [1.807, 2.05) is 18.7 Å². The molecule has 14 heavy (non-hydrogen) atoms. The van der Waals surface area contributed by atoms with E-state index in [-0.39, 0.29) is 17.9 Å². The third-order valence-electron chi connectivity index (χ3n) is 2.63. The van der Waals surface area contributed by atoms with Gasteiger partial charge in [0.15, 0.2) is 0 Å². The Kier molecular flexibility index (Phi) is 3.69. The number of allylic oxidation sites excluding steroid dienone is 1. The van der Waals surface area contributed by atoms with Crippen LogP contribution >= 0.6 is 0 Å². The number of amides is 1. The minimum absolute atomic E-state index is 0.0770. The fourth-order valence-electron chi connectivity index (χ4n) is 1.72. The van der Waals surface area contributed by atoms with Crippen LogP contribution in [0.3, 0.4) is 0 Å². The maximum Gasteiger partial charge on any atom is 0.246 e. The van der Waals surface area contributed by atoms with E-state index in [2.05, 4.69) is 0 Å². The van der Waals surface area contributed by atoms with Gasteiger partial charge in [0.25, 0.3) is 0 Å². The van der Waals surface area contributed by atoms with Crippen molar-refractivity contribution in [2.75, 3.05) is 13.1 Å². The lowest BCUT2D eigenvalue weighted by Crippen LogP contribution is -2.29. The van der Waals surface area contributed by atoms with Gasteiger partial charge in [-0.2, -0.15) is 0 Å². The van der Waals surface area contributed by atoms with Crippen LogP contribution < -0.4 is 0 Å². The zero-order valence-electron chi connectivity index (χ0n) is 9.16. The summed E-state index contributed by atoms with van der Waals surface area (Å²) in [6.07, 6.45) is 2.27. The molecule has 0 aromatic heterocycles. The molecule has 0 saturated carbocycles. The van der Waals surface area contributed by atoms with Crippen molar-refractivity contribution in [3.8, 4) is 0 Å². The van der Waals surface area contributed by atoms with Gasteiger partial charge in [0, 0.05) is 25.1 Å². The van der Waals surface area contributed by atoms with E-state index >= 15 is 0 Å². The Hall–Kier alpha value is -0.830. The smallest absolute Gasteiger partial charge is 0.246 e. The quantitative estimate of drug-likeness (QED) is 0.675. The van der Waals surface area contributed by atoms with Crippen LogP contribution in [-0.4, -0.2) is 35.1 Å². The van der Waals surface area contributed by atoms with Crippen molar-refractivity contribution in [3.05, 3.63) is 11.6 Å². The molecule has 0 aromatic rings. The summed E-state index contributed by atoms with van der Waals surface area (Å²) in [5.41, 5.74) is 1.02. The molecule has 1 saturated heterocycles. The summed E-state index contributed by atoms with van der Waals surface area (Å²) in [6, 6.07) is 0. The molecule has 0 aliphatic carbocycles. The van der Waals surface area contributed by atoms with E-state index in [1.54, 1.807) is 13.0 Å². The van der Waals surface area contributed by atoms with E-state index in [1.165, 1.54) is 0 Å². The molecule has 1 aliphatic rings. The van der Waals surface area contributed by atoms with Gasteiger partial charge in [-0.25, -0.2) is 0 Å². The fourth-order valence-corrected chi connectivity index (χ4v) is 1.72. The van der Waals surface area contributed by atoms with Gasteiger partial charge in [-0.15, -0.1) is 0 Å². The Bertz CT molecular complexity index is 242. The van der Waals surface area contributed by atoms with Crippen molar-refractivity contribution in [3.63, 3.8) is 0 Å². The van der Waals surface area contributed by atoms with Crippen molar-refractivity contribution in [2.24, 2.45) is 5.92 Å². The molecule has 80 valence electrons. The molecular weight excluding hydrogens is 178 g/mol. The van der Waals surface area contributed by atoms with Crippen LogP contribution in [0.2, 0.25) is 0 Å². The molecule has 2 unspecified atom stereocenters. The summed E-state index contributed by atoms with van der Waals surface area (Å²) in [5.74, 6) is 0.331. The monoisotopic (exact) mass is 197 g/mol. The molecular formula is C11H19NO2. The largest absolute Gasteiger partial charge is 0.393 e. The first-order valence-electron chi connectivity index (χ1n) is 5.12. The second kappa shape index (κ2) is 4.60. The Balaban J connectivity index is 2.50. The van der Waals surface area contributed by atoms with E-state index in [0.717, 1.165) is 18.5 Å². The molecule has 1 aliphatic heterocycles. The van der Waals surface area contributed by atoms with E-state index in [4.69, 9.17) is 0 Å². The van der Waals surface area contributed by atoms with E-state index < -0.39 is 0 Å². The van der Waals surface area contributed by atoms with Crippen molar-refractivity contribution < 1.29 is 9.90 Å². The first kappa shape index (κ1) is 11.2.